The molecular formula is C22H21N3O4S2. The Morgan fingerprint density at radius 1 is 1.06 bits per heavy atom. The van der Waals surface area contributed by atoms with Gasteiger partial charge in [0, 0.05) is 37.1 Å². The highest BCUT2D eigenvalue weighted by atomic mass is 32.1. The molecule has 160 valence electrons. The quantitative estimate of drug-likeness (QED) is 0.606. The minimum atomic E-state index is -0.658. The summed E-state index contributed by atoms with van der Waals surface area (Å²) in [5.74, 6) is 1.12. The number of piperazine rings is 1. The molecule has 0 radical (unpaired) electrons. The van der Waals surface area contributed by atoms with Gasteiger partial charge in [-0.2, -0.15) is 11.3 Å². The normalized spacial score (nSPS) is 18.2. The van der Waals surface area contributed by atoms with E-state index < -0.39 is 6.10 Å². The number of carbonyl (C=O) groups excluding carboxylic acids is 2. The summed E-state index contributed by atoms with van der Waals surface area (Å²) in [7, 11) is 0. The number of amides is 2. The van der Waals surface area contributed by atoms with Crippen LogP contribution in [0.25, 0.3) is 10.6 Å². The average molecular weight is 456 g/mol. The molecule has 2 aliphatic heterocycles. The number of fused-ring (bicyclic) bond motifs is 1. The number of ether oxygens (including phenoxy) is 2. The second-order valence-corrected chi connectivity index (χ2v) is 9.21. The number of hydrogen-bond acceptors (Lipinski definition) is 7. The van der Waals surface area contributed by atoms with Crippen LogP contribution in [0, 0.1) is 6.92 Å². The number of thiazole rings is 1. The molecule has 7 nitrogen and oxygen atoms in total. The van der Waals surface area contributed by atoms with Crippen LogP contribution in [0.4, 0.5) is 0 Å². The number of rotatable bonds is 3. The Kier molecular flexibility index (Phi) is 5.37. The number of para-hydroxylation sites is 2. The number of nitrogens with zero attached hydrogens (tertiary/aromatic N) is 3. The topological polar surface area (TPSA) is 72.0 Å². The first-order chi connectivity index (χ1) is 15.1. The van der Waals surface area contributed by atoms with Crippen LogP contribution in [0.2, 0.25) is 0 Å². The lowest BCUT2D eigenvalue weighted by Gasteiger charge is -2.37. The largest absolute Gasteiger partial charge is 0.485 e. The molecule has 0 saturated carbocycles. The van der Waals surface area contributed by atoms with Gasteiger partial charge in [-0.25, -0.2) is 4.98 Å². The molecule has 0 aliphatic carbocycles. The van der Waals surface area contributed by atoms with Crippen molar-refractivity contribution in [3.8, 4) is 22.1 Å². The van der Waals surface area contributed by atoms with Gasteiger partial charge in [-0.05, 0) is 30.5 Å². The predicted octanol–water partition coefficient (Wildman–Crippen LogP) is 3.30. The Morgan fingerprint density at radius 2 is 1.81 bits per heavy atom. The maximum Gasteiger partial charge on any atom is 0.267 e. The molecule has 2 aliphatic rings. The summed E-state index contributed by atoms with van der Waals surface area (Å²) in [6.45, 7) is 3.99. The zero-order chi connectivity index (χ0) is 21.4. The number of aromatic nitrogens is 1. The number of aryl methyl sites for hydroxylation is 1. The Morgan fingerprint density at radius 3 is 2.55 bits per heavy atom. The van der Waals surface area contributed by atoms with Crippen molar-refractivity contribution in [2.45, 2.75) is 13.0 Å². The van der Waals surface area contributed by atoms with Gasteiger partial charge in [0.05, 0.1) is 5.69 Å². The third-order valence-electron chi connectivity index (χ3n) is 5.42. The van der Waals surface area contributed by atoms with E-state index in [1.807, 2.05) is 41.9 Å². The number of benzene rings is 1. The Hall–Kier alpha value is -2.91. The number of hydrogen-bond donors (Lipinski definition) is 0. The maximum absolute atomic E-state index is 13.1. The van der Waals surface area contributed by atoms with E-state index in [0.29, 0.717) is 42.6 Å². The van der Waals surface area contributed by atoms with Crippen LogP contribution in [0.15, 0.2) is 41.1 Å². The molecule has 0 unspecified atom stereocenters. The molecule has 31 heavy (non-hydrogen) atoms. The Labute approximate surface area is 187 Å². The first-order valence-corrected chi connectivity index (χ1v) is 11.8. The van der Waals surface area contributed by atoms with Gasteiger partial charge < -0.3 is 19.3 Å². The third kappa shape index (κ3) is 3.90. The highest BCUT2D eigenvalue weighted by Gasteiger charge is 2.34. The molecule has 2 amide bonds. The molecule has 0 spiro atoms. The predicted molar refractivity (Wildman–Crippen MR) is 119 cm³/mol. The Bertz CT molecular complexity index is 1100. The summed E-state index contributed by atoms with van der Waals surface area (Å²) in [4.78, 5) is 34.8. The van der Waals surface area contributed by atoms with E-state index in [1.165, 1.54) is 11.3 Å². The smallest absolute Gasteiger partial charge is 0.267 e. The van der Waals surface area contributed by atoms with Gasteiger partial charge in [0.2, 0.25) is 6.10 Å². The lowest BCUT2D eigenvalue weighted by Crippen LogP contribution is -2.55. The molecule has 0 N–H and O–H groups in total. The molecule has 0 bridgehead atoms. The summed E-state index contributed by atoms with van der Waals surface area (Å²) in [6.07, 6.45) is -0.658. The van der Waals surface area contributed by atoms with Crippen LogP contribution in [0.1, 0.15) is 15.4 Å². The highest BCUT2D eigenvalue weighted by molar-refractivity contribution is 7.17. The second kappa shape index (κ2) is 8.32. The van der Waals surface area contributed by atoms with Gasteiger partial charge in [0.1, 0.15) is 16.5 Å². The summed E-state index contributed by atoms with van der Waals surface area (Å²) in [5, 5.41) is 4.90. The minimum absolute atomic E-state index is 0.0187. The van der Waals surface area contributed by atoms with Crippen LogP contribution in [0.5, 0.6) is 11.5 Å². The van der Waals surface area contributed by atoms with Gasteiger partial charge in [0.15, 0.2) is 11.5 Å². The molecule has 4 heterocycles. The molecule has 1 atom stereocenters. The molecular weight excluding hydrogens is 434 g/mol. The van der Waals surface area contributed by atoms with Crippen LogP contribution in [-0.4, -0.2) is 65.5 Å². The number of carbonyl (C=O) groups is 2. The minimum Gasteiger partial charge on any atom is -0.485 e. The summed E-state index contributed by atoms with van der Waals surface area (Å²) in [6, 6.07) is 9.36. The van der Waals surface area contributed by atoms with Gasteiger partial charge in [0.25, 0.3) is 11.8 Å². The van der Waals surface area contributed by atoms with Crippen molar-refractivity contribution in [2.24, 2.45) is 0 Å². The van der Waals surface area contributed by atoms with E-state index in [4.69, 9.17) is 9.47 Å². The van der Waals surface area contributed by atoms with Crippen molar-refractivity contribution < 1.29 is 19.1 Å². The SMILES string of the molecule is Cc1nc(-c2ccsc2)sc1C(=O)N1CCN(C(=O)[C@H]2COc3ccccc3O2)CC1. The molecule has 5 rings (SSSR count). The van der Waals surface area contributed by atoms with E-state index in [9.17, 15) is 9.59 Å². The van der Waals surface area contributed by atoms with Crippen molar-refractivity contribution in [3.63, 3.8) is 0 Å². The Balaban J connectivity index is 1.21. The van der Waals surface area contributed by atoms with E-state index >= 15 is 0 Å². The average Bonchev–Trinajstić information content (AvgIpc) is 3.48. The molecule has 3 aromatic rings. The molecule has 1 aromatic carbocycles. The van der Waals surface area contributed by atoms with Crippen LogP contribution >= 0.6 is 22.7 Å². The fourth-order valence-electron chi connectivity index (χ4n) is 3.72. The first-order valence-electron chi connectivity index (χ1n) is 10.1. The van der Waals surface area contributed by atoms with E-state index in [2.05, 4.69) is 4.98 Å². The molecule has 1 saturated heterocycles. The first kappa shape index (κ1) is 20.0. The fraction of sp³-hybridized carbons (Fsp3) is 0.318. The van der Waals surface area contributed by atoms with Gasteiger partial charge in [-0.1, -0.05) is 12.1 Å². The zero-order valence-electron chi connectivity index (χ0n) is 16.9. The highest BCUT2D eigenvalue weighted by Crippen LogP contribution is 2.32. The van der Waals surface area contributed by atoms with Crippen molar-refractivity contribution >= 4 is 34.5 Å². The van der Waals surface area contributed by atoms with E-state index in [1.54, 1.807) is 27.2 Å². The van der Waals surface area contributed by atoms with Crippen molar-refractivity contribution in [1.82, 2.24) is 14.8 Å². The zero-order valence-corrected chi connectivity index (χ0v) is 18.6. The van der Waals surface area contributed by atoms with Gasteiger partial charge in [-0.15, -0.1) is 11.3 Å². The summed E-state index contributed by atoms with van der Waals surface area (Å²) >= 11 is 3.04. The fourth-order valence-corrected chi connectivity index (χ4v) is 5.47. The van der Waals surface area contributed by atoms with Gasteiger partial charge in [-0.3, -0.25) is 9.59 Å². The van der Waals surface area contributed by atoms with Crippen molar-refractivity contribution in [3.05, 3.63) is 51.7 Å². The van der Waals surface area contributed by atoms with Crippen molar-refractivity contribution in [2.75, 3.05) is 32.8 Å². The van der Waals surface area contributed by atoms with Crippen molar-refractivity contribution in [1.29, 1.82) is 0 Å². The second-order valence-electron chi connectivity index (χ2n) is 7.43. The summed E-state index contributed by atoms with van der Waals surface area (Å²) in [5.41, 5.74) is 1.80. The maximum atomic E-state index is 13.1. The molecule has 2 aromatic heterocycles. The number of thiophene rings is 1. The standard InChI is InChI=1S/C22H21N3O4S2/c1-14-19(31-20(23-14)15-6-11-30-13-15)22(27)25-9-7-24(8-10-25)21(26)18-12-28-16-4-2-3-5-17(16)29-18/h2-6,11,13,18H,7-10,12H2,1H3/t18-/m1/s1. The van der Waals surface area contributed by atoms with E-state index in [0.717, 1.165) is 16.3 Å². The summed E-state index contributed by atoms with van der Waals surface area (Å²) < 4.78 is 11.5. The van der Waals surface area contributed by atoms with Crippen LogP contribution in [-0.2, 0) is 4.79 Å². The molecule has 1 fully saturated rings. The molecule has 9 heteroatoms. The van der Waals surface area contributed by atoms with Crippen LogP contribution in [0.3, 0.4) is 0 Å². The lowest BCUT2D eigenvalue weighted by atomic mass is 10.2. The van der Waals surface area contributed by atoms with Crippen LogP contribution < -0.4 is 9.47 Å². The lowest BCUT2D eigenvalue weighted by molar-refractivity contribution is -0.142. The van der Waals surface area contributed by atoms with Gasteiger partial charge >= 0.3 is 0 Å². The van der Waals surface area contributed by atoms with E-state index in [-0.39, 0.29) is 18.4 Å². The monoisotopic (exact) mass is 455 g/mol. The third-order valence-corrected chi connectivity index (χ3v) is 7.30.